The molecular formula is C9H8N4O3. The topological polar surface area (TPSA) is 122 Å². The van der Waals surface area contributed by atoms with Crippen molar-refractivity contribution in [2.45, 2.75) is 0 Å². The van der Waals surface area contributed by atoms with Crippen LogP contribution in [0, 0.1) is 21.4 Å². The van der Waals surface area contributed by atoms with Gasteiger partial charge in [-0.2, -0.15) is 5.26 Å². The number of hydrogen-bond acceptors (Lipinski definition) is 5. The Kier molecular flexibility index (Phi) is 3.40. The molecule has 0 saturated heterocycles. The largest absolute Gasteiger partial charge is 0.376 e. The Hall–Kier alpha value is -2.62. The lowest BCUT2D eigenvalue weighted by molar-refractivity contribution is -0.385. The van der Waals surface area contributed by atoms with Crippen LogP contribution in [0.5, 0.6) is 0 Å². The second-order valence-corrected chi connectivity index (χ2v) is 2.92. The highest BCUT2D eigenvalue weighted by molar-refractivity contribution is 5.79. The SMILES string of the molecule is N#Cc1cc(NCC(N)=O)ccc1[N+](=O)[O-]. The molecule has 0 saturated carbocycles. The summed E-state index contributed by atoms with van der Waals surface area (Å²) in [4.78, 5) is 20.4. The van der Waals surface area contributed by atoms with E-state index in [1.807, 2.05) is 0 Å². The Morgan fingerprint density at radius 1 is 1.62 bits per heavy atom. The molecule has 0 heterocycles. The first-order chi connectivity index (χ1) is 7.54. The fourth-order valence-corrected chi connectivity index (χ4v) is 1.08. The van der Waals surface area contributed by atoms with Gasteiger partial charge in [-0.1, -0.05) is 0 Å². The van der Waals surface area contributed by atoms with Gasteiger partial charge in [0.15, 0.2) is 0 Å². The van der Waals surface area contributed by atoms with E-state index >= 15 is 0 Å². The third-order valence-corrected chi connectivity index (χ3v) is 1.78. The quantitative estimate of drug-likeness (QED) is 0.560. The van der Waals surface area contributed by atoms with Crippen LogP contribution in [0.3, 0.4) is 0 Å². The maximum Gasteiger partial charge on any atom is 0.287 e. The standard InChI is InChI=1S/C9H8N4O3/c10-4-6-3-7(12-5-9(11)14)1-2-8(6)13(15)16/h1-3,12H,5H2,(H2,11,14). The number of nitrogens with two attached hydrogens (primary N) is 1. The molecule has 7 nitrogen and oxygen atoms in total. The number of carbonyl (C=O) groups is 1. The number of amides is 1. The van der Waals surface area contributed by atoms with Gasteiger partial charge in [0.05, 0.1) is 11.5 Å². The molecule has 7 heteroatoms. The normalized spacial score (nSPS) is 9.19. The molecule has 0 radical (unpaired) electrons. The van der Waals surface area contributed by atoms with Gasteiger partial charge in [0, 0.05) is 11.8 Å². The summed E-state index contributed by atoms with van der Waals surface area (Å²) in [5.41, 5.74) is 5.00. The van der Waals surface area contributed by atoms with Crippen LogP contribution in [0.2, 0.25) is 0 Å². The van der Waals surface area contributed by atoms with Crippen LogP contribution in [0.15, 0.2) is 18.2 Å². The molecule has 0 spiro atoms. The summed E-state index contributed by atoms with van der Waals surface area (Å²) in [5.74, 6) is -0.558. The van der Waals surface area contributed by atoms with E-state index in [2.05, 4.69) is 5.32 Å². The van der Waals surface area contributed by atoms with Gasteiger partial charge in [-0.15, -0.1) is 0 Å². The molecule has 82 valence electrons. The van der Waals surface area contributed by atoms with Crippen LogP contribution in [0.1, 0.15) is 5.56 Å². The fraction of sp³-hybridized carbons (Fsp3) is 0.111. The second kappa shape index (κ2) is 4.75. The number of nitrogens with zero attached hydrogens (tertiary/aromatic N) is 2. The van der Waals surface area contributed by atoms with Crippen molar-refractivity contribution >= 4 is 17.3 Å². The molecule has 0 unspecified atom stereocenters. The molecule has 1 amide bonds. The van der Waals surface area contributed by atoms with Crippen LogP contribution in [0.4, 0.5) is 11.4 Å². The minimum absolute atomic E-state index is 0.0699. The Morgan fingerprint density at radius 3 is 2.81 bits per heavy atom. The zero-order chi connectivity index (χ0) is 12.1. The monoisotopic (exact) mass is 220 g/mol. The molecule has 0 bridgehead atoms. The number of anilines is 1. The molecule has 0 fully saturated rings. The number of nitrogens with one attached hydrogen (secondary N) is 1. The lowest BCUT2D eigenvalue weighted by Gasteiger charge is -2.03. The fourth-order valence-electron chi connectivity index (χ4n) is 1.08. The number of rotatable bonds is 4. The Bertz CT molecular complexity index is 478. The average molecular weight is 220 g/mol. The van der Waals surface area contributed by atoms with Gasteiger partial charge in [0.1, 0.15) is 11.6 Å². The molecule has 0 aliphatic carbocycles. The predicted molar refractivity (Wildman–Crippen MR) is 55.5 cm³/mol. The molecule has 1 aromatic carbocycles. The lowest BCUT2D eigenvalue weighted by Crippen LogP contribution is -2.21. The van der Waals surface area contributed by atoms with E-state index in [1.54, 1.807) is 6.07 Å². The first kappa shape index (κ1) is 11.5. The van der Waals surface area contributed by atoms with Crippen molar-refractivity contribution in [1.29, 1.82) is 5.26 Å². The second-order valence-electron chi connectivity index (χ2n) is 2.92. The number of nitriles is 1. The van der Waals surface area contributed by atoms with Crippen LogP contribution in [-0.2, 0) is 4.79 Å². The van der Waals surface area contributed by atoms with Crippen molar-refractivity contribution in [2.75, 3.05) is 11.9 Å². The van der Waals surface area contributed by atoms with Crippen molar-refractivity contribution in [3.05, 3.63) is 33.9 Å². The number of benzene rings is 1. The molecule has 1 aromatic rings. The van der Waals surface area contributed by atoms with E-state index in [4.69, 9.17) is 11.0 Å². The molecule has 16 heavy (non-hydrogen) atoms. The minimum Gasteiger partial charge on any atom is -0.376 e. The molecular weight excluding hydrogens is 212 g/mol. The van der Waals surface area contributed by atoms with E-state index in [0.717, 1.165) is 0 Å². The average Bonchev–Trinajstić information content (AvgIpc) is 2.25. The summed E-state index contributed by atoms with van der Waals surface area (Å²) < 4.78 is 0. The van der Waals surface area contributed by atoms with Crippen LogP contribution >= 0.6 is 0 Å². The Labute approximate surface area is 90.6 Å². The van der Waals surface area contributed by atoms with Gasteiger partial charge in [0.2, 0.25) is 5.91 Å². The number of hydrogen-bond donors (Lipinski definition) is 2. The summed E-state index contributed by atoms with van der Waals surface area (Å²) in [5, 5.41) is 21.8. The van der Waals surface area contributed by atoms with E-state index in [-0.39, 0.29) is 17.8 Å². The molecule has 0 aromatic heterocycles. The zero-order valence-electron chi connectivity index (χ0n) is 8.14. The number of nitro benzene ring substituents is 1. The zero-order valence-corrected chi connectivity index (χ0v) is 8.14. The summed E-state index contributed by atoms with van der Waals surface area (Å²) >= 11 is 0. The van der Waals surface area contributed by atoms with Gasteiger partial charge in [0.25, 0.3) is 5.69 Å². The van der Waals surface area contributed by atoms with Crippen LogP contribution < -0.4 is 11.1 Å². The first-order valence-corrected chi connectivity index (χ1v) is 4.25. The maximum absolute atomic E-state index is 10.5. The van der Waals surface area contributed by atoms with Gasteiger partial charge >= 0.3 is 0 Å². The third-order valence-electron chi connectivity index (χ3n) is 1.78. The molecule has 0 aliphatic rings. The highest BCUT2D eigenvalue weighted by Gasteiger charge is 2.13. The lowest BCUT2D eigenvalue weighted by atomic mass is 10.2. The number of carbonyl (C=O) groups excluding carboxylic acids is 1. The van der Waals surface area contributed by atoms with E-state index in [1.165, 1.54) is 18.2 Å². The van der Waals surface area contributed by atoms with E-state index in [9.17, 15) is 14.9 Å². The molecule has 0 atom stereocenters. The Balaban J connectivity index is 2.96. The minimum atomic E-state index is -0.642. The van der Waals surface area contributed by atoms with Crippen molar-refractivity contribution in [1.82, 2.24) is 0 Å². The predicted octanol–water partition coefficient (Wildman–Crippen LogP) is 0.364. The van der Waals surface area contributed by atoms with Crippen molar-refractivity contribution in [2.24, 2.45) is 5.73 Å². The van der Waals surface area contributed by atoms with Gasteiger partial charge in [-0.05, 0) is 12.1 Å². The highest BCUT2D eigenvalue weighted by Crippen LogP contribution is 2.21. The van der Waals surface area contributed by atoms with Crippen LogP contribution in [-0.4, -0.2) is 17.4 Å². The summed E-state index contributed by atoms with van der Waals surface area (Å²) in [6.45, 7) is -0.0946. The van der Waals surface area contributed by atoms with Gasteiger partial charge in [-0.25, -0.2) is 0 Å². The van der Waals surface area contributed by atoms with Gasteiger partial charge < -0.3 is 11.1 Å². The summed E-state index contributed by atoms with van der Waals surface area (Å²) in [6.07, 6.45) is 0. The first-order valence-electron chi connectivity index (χ1n) is 4.25. The summed E-state index contributed by atoms with van der Waals surface area (Å²) in [7, 11) is 0. The maximum atomic E-state index is 10.5. The van der Waals surface area contributed by atoms with Crippen molar-refractivity contribution in [3.8, 4) is 6.07 Å². The smallest absolute Gasteiger partial charge is 0.287 e. The Morgan fingerprint density at radius 2 is 2.31 bits per heavy atom. The van der Waals surface area contributed by atoms with Crippen molar-refractivity contribution in [3.63, 3.8) is 0 Å². The van der Waals surface area contributed by atoms with E-state index in [0.29, 0.717) is 5.69 Å². The number of primary amides is 1. The molecule has 3 N–H and O–H groups in total. The van der Waals surface area contributed by atoms with Crippen LogP contribution in [0.25, 0.3) is 0 Å². The van der Waals surface area contributed by atoms with Gasteiger partial charge in [-0.3, -0.25) is 14.9 Å². The summed E-state index contributed by atoms with van der Waals surface area (Å²) in [6, 6.07) is 5.60. The molecule has 1 rings (SSSR count). The molecule has 0 aliphatic heterocycles. The highest BCUT2D eigenvalue weighted by atomic mass is 16.6. The third kappa shape index (κ3) is 2.68. The number of nitro groups is 1. The van der Waals surface area contributed by atoms with Crippen molar-refractivity contribution < 1.29 is 9.72 Å². The van der Waals surface area contributed by atoms with E-state index < -0.39 is 10.8 Å².